The standard InChI is InChI=1S/C33H41F4N5O3/c34-26-17-24(18-27(20-26)40-11-9-38-10-12-40)32(44)42-15-13-41(14-16-42)31(43)23-3-6-30(45-28-7-8-39-21-28)29(19-23)22-1-4-25(5-2-22)33(35,36)37/h3,6,17-20,22,25,28,38-39H,1-2,4-5,7-16,21H2/p+2/t22?,25?,28-/m0/s1. The van der Waals surface area contributed by atoms with Crippen LogP contribution in [-0.2, 0) is 0 Å². The van der Waals surface area contributed by atoms with E-state index in [9.17, 15) is 27.2 Å². The average Bonchev–Trinajstić information content (AvgIpc) is 3.57. The van der Waals surface area contributed by atoms with Crippen LogP contribution in [-0.4, -0.2) is 99.3 Å². The van der Waals surface area contributed by atoms with Crippen LogP contribution >= 0.6 is 0 Å². The number of ether oxygens (including phenoxy) is 1. The first-order valence-corrected chi connectivity index (χ1v) is 16.3. The van der Waals surface area contributed by atoms with E-state index in [0.717, 1.165) is 51.3 Å². The zero-order valence-electron chi connectivity index (χ0n) is 25.5. The topological polar surface area (TPSA) is 86.3 Å². The van der Waals surface area contributed by atoms with E-state index in [0.29, 0.717) is 61.6 Å². The van der Waals surface area contributed by atoms with E-state index >= 15 is 0 Å². The van der Waals surface area contributed by atoms with Crippen LogP contribution in [0.5, 0.6) is 5.75 Å². The van der Waals surface area contributed by atoms with Crippen molar-refractivity contribution in [2.45, 2.75) is 50.3 Å². The highest BCUT2D eigenvalue weighted by Crippen LogP contribution is 2.45. The minimum absolute atomic E-state index is 0.0370. The molecular formula is C33H43F4N5O3+2. The van der Waals surface area contributed by atoms with Crippen LogP contribution in [0, 0.1) is 11.7 Å². The van der Waals surface area contributed by atoms with Crippen LogP contribution in [0.2, 0.25) is 0 Å². The Morgan fingerprint density at radius 3 is 2.04 bits per heavy atom. The summed E-state index contributed by atoms with van der Waals surface area (Å²) in [4.78, 5) is 32.5. The Bertz CT molecular complexity index is 1360. The summed E-state index contributed by atoms with van der Waals surface area (Å²) in [6.45, 7) is 6.54. The van der Waals surface area contributed by atoms with E-state index in [1.165, 1.54) is 12.1 Å². The molecule has 3 heterocycles. The zero-order valence-corrected chi connectivity index (χ0v) is 25.5. The summed E-state index contributed by atoms with van der Waals surface area (Å²) in [5, 5.41) is 4.39. The predicted molar refractivity (Wildman–Crippen MR) is 160 cm³/mol. The largest absolute Gasteiger partial charge is 0.484 e. The normalized spacial score (nSPS) is 24.5. The summed E-state index contributed by atoms with van der Waals surface area (Å²) in [6.07, 6.45) is -2.31. The first-order chi connectivity index (χ1) is 21.7. The van der Waals surface area contributed by atoms with Gasteiger partial charge in [0.1, 0.15) is 18.1 Å². The number of nitrogens with two attached hydrogens (primary N) is 2. The third-order valence-corrected chi connectivity index (χ3v) is 9.86. The van der Waals surface area contributed by atoms with Crippen molar-refractivity contribution in [3.05, 3.63) is 58.9 Å². The van der Waals surface area contributed by atoms with Crippen molar-refractivity contribution in [2.24, 2.45) is 5.92 Å². The first-order valence-electron chi connectivity index (χ1n) is 16.3. The van der Waals surface area contributed by atoms with Crippen LogP contribution in [0.3, 0.4) is 0 Å². The molecule has 0 bridgehead atoms. The first kappa shape index (κ1) is 31.6. The lowest BCUT2D eigenvalue weighted by Gasteiger charge is -2.35. The molecule has 0 spiro atoms. The Morgan fingerprint density at radius 2 is 1.42 bits per heavy atom. The van der Waals surface area contributed by atoms with Gasteiger partial charge in [-0.1, -0.05) is 0 Å². The van der Waals surface area contributed by atoms with Gasteiger partial charge in [-0.05, 0) is 73.6 Å². The number of halogens is 4. The number of hydrogen-bond donors (Lipinski definition) is 2. The van der Waals surface area contributed by atoms with Crippen molar-refractivity contribution in [3.8, 4) is 5.75 Å². The van der Waals surface area contributed by atoms with E-state index in [1.807, 2.05) is 6.07 Å². The number of benzene rings is 2. The summed E-state index contributed by atoms with van der Waals surface area (Å²) in [6, 6.07) is 9.86. The molecule has 3 saturated heterocycles. The predicted octanol–water partition coefficient (Wildman–Crippen LogP) is 2.36. The minimum atomic E-state index is -4.19. The van der Waals surface area contributed by atoms with E-state index in [4.69, 9.17) is 4.74 Å². The van der Waals surface area contributed by atoms with Gasteiger partial charge in [-0.15, -0.1) is 0 Å². The molecule has 8 nitrogen and oxygen atoms in total. The van der Waals surface area contributed by atoms with E-state index in [1.54, 1.807) is 28.0 Å². The van der Waals surface area contributed by atoms with Gasteiger partial charge in [0.2, 0.25) is 0 Å². The monoisotopic (exact) mass is 633 g/mol. The lowest BCUT2D eigenvalue weighted by molar-refractivity contribution is -0.655. The van der Waals surface area contributed by atoms with Gasteiger partial charge in [-0.3, -0.25) is 9.59 Å². The Labute approximate surface area is 261 Å². The second-order valence-electron chi connectivity index (χ2n) is 12.8. The molecule has 4 N–H and O–H groups in total. The molecule has 1 atom stereocenters. The lowest BCUT2D eigenvalue weighted by Crippen LogP contribution is -2.89. The van der Waals surface area contributed by atoms with Crippen molar-refractivity contribution >= 4 is 17.5 Å². The van der Waals surface area contributed by atoms with Gasteiger partial charge in [0.05, 0.1) is 38.6 Å². The van der Waals surface area contributed by atoms with Crippen molar-refractivity contribution in [2.75, 3.05) is 70.3 Å². The molecule has 2 aromatic rings. The van der Waals surface area contributed by atoms with Gasteiger partial charge < -0.3 is 30.1 Å². The summed E-state index contributed by atoms with van der Waals surface area (Å²) in [5.41, 5.74) is 2.30. The molecule has 1 aliphatic carbocycles. The second-order valence-corrected chi connectivity index (χ2v) is 12.8. The molecule has 0 unspecified atom stereocenters. The smallest absolute Gasteiger partial charge is 0.391 e. The molecule has 45 heavy (non-hydrogen) atoms. The second kappa shape index (κ2) is 13.5. The quantitative estimate of drug-likeness (QED) is 0.479. The van der Waals surface area contributed by atoms with Gasteiger partial charge in [0.25, 0.3) is 11.8 Å². The van der Waals surface area contributed by atoms with Gasteiger partial charge in [0.15, 0.2) is 6.10 Å². The number of anilines is 1. The molecule has 1 saturated carbocycles. The SMILES string of the molecule is O=C(c1cc(F)cc(N2CC[NH2+]CC2)c1)N1CCN(C(=O)c2ccc(O[C@H]3CC[NH2+]C3)c(C3CCC(C(F)(F)F)CC3)c2)CC1. The maximum absolute atomic E-state index is 14.5. The fourth-order valence-corrected chi connectivity index (χ4v) is 7.22. The Balaban J connectivity index is 1.12. The summed E-state index contributed by atoms with van der Waals surface area (Å²) in [5.74, 6) is -1.61. The van der Waals surface area contributed by atoms with Crippen LogP contribution in [0.25, 0.3) is 0 Å². The third-order valence-electron chi connectivity index (χ3n) is 9.86. The van der Waals surface area contributed by atoms with Gasteiger partial charge in [-0.25, -0.2) is 4.39 Å². The van der Waals surface area contributed by atoms with E-state index in [-0.39, 0.29) is 36.7 Å². The molecule has 4 aliphatic rings. The summed E-state index contributed by atoms with van der Waals surface area (Å²) >= 11 is 0. The molecular weight excluding hydrogens is 590 g/mol. The molecule has 0 aromatic heterocycles. The average molecular weight is 634 g/mol. The van der Waals surface area contributed by atoms with Crippen molar-refractivity contribution < 1.29 is 42.5 Å². The number of alkyl halides is 3. The van der Waals surface area contributed by atoms with Crippen molar-refractivity contribution in [1.82, 2.24) is 9.80 Å². The van der Waals surface area contributed by atoms with Crippen LogP contribution in [0.4, 0.5) is 23.2 Å². The number of hydrogen-bond acceptors (Lipinski definition) is 4. The number of piperazine rings is 2. The third kappa shape index (κ3) is 7.38. The Hall–Kier alpha value is -3.38. The van der Waals surface area contributed by atoms with E-state index in [2.05, 4.69) is 15.5 Å². The molecule has 2 aromatic carbocycles. The number of rotatable bonds is 6. The minimum Gasteiger partial charge on any atom is -0.484 e. The highest BCUT2D eigenvalue weighted by atomic mass is 19.4. The molecule has 3 aliphatic heterocycles. The Morgan fingerprint density at radius 1 is 0.756 bits per heavy atom. The van der Waals surface area contributed by atoms with E-state index < -0.39 is 17.9 Å². The zero-order chi connectivity index (χ0) is 31.6. The highest BCUT2D eigenvalue weighted by Gasteiger charge is 2.42. The molecule has 4 fully saturated rings. The maximum atomic E-state index is 14.5. The number of carbonyl (C=O) groups is 2. The fourth-order valence-electron chi connectivity index (χ4n) is 7.22. The fraction of sp³-hybridized carbons (Fsp3) is 0.576. The number of quaternary nitrogens is 2. The van der Waals surface area contributed by atoms with Crippen molar-refractivity contribution in [1.29, 1.82) is 0 Å². The lowest BCUT2D eigenvalue weighted by atomic mass is 9.78. The van der Waals surface area contributed by atoms with Gasteiger partial charge in [0, 0.05) is 49.4 Å². The maximum Gasteiger partial charge on any atom is 0.391 e. The van der Waals surface area contributed by atoms with Crippen LogP contribution in [0.15, 0.2) is 36.4 Å². The number of nitrogens with zero attached hydrogens (tertiary/aromatic N) is 3. The van der Waals surface area contributed by atoms with Gasteiger partial charge in [-0.2, -0.15) is 13.2 Å². The number of carbonyl (C=O) groups excluding carboxylic acids is 2. The Kier molecular flexibility index (Phi) is 9.51. The molecule has 0 radical (unpaired) electrons. The summed E-state index contributed by atoms with van der Waals surface area (Å²) < 4.78 is 60.9. The number of amides is 2. The molecule has 12 heteroatoms. The molecule has 244 valence electrons. The highest BCUT2D eigenvalue weighted by molar-refractivity contribution is 5.96. The molecule has 6 rings (SSSR count). The van der Waals surface area contributed by atoms with Crippen LogP contribution in [0.1, 0.15) is 64.3 Å². The molecule has 2 amide bonds. The van der Waals surface area contributed by atoms with Crippen LogP contribution < -0.4 is 20.3 Å². The van der Waals surface area contributed by atoms with Crippen molar-refractivity contribution in [3.63, 3.8) is 0 Å². The van der Waals surface area contributed by atoms with Gasteiger partial charge >= 0.3 is 6.18 Å². The summed E-state index contributed by atoms with van der Waals surface area (Å²) in [7, 11) is 0.